The van der Waals surface area contributed by atoms with Gasteiger partial charge in [0, 0.05) is 18.7 Å². The van der Waals surface area contributed by atoms with Crippen LogP contribution in [0, 0.1) is 0 Å². The predicted molar refractivity (Wildman–Crippen MR) is 88.0 cm³/mol. The highest BCUT2D eigenvalue weighted by atomic mass is 32.1. The number of nitrogens with zero attached hydrogens (tertiary/aromatic N) is 2. The van der Waals surface area contributed by atoms with Crippen LogP contribution in [0.4, 0.5) is 0 Å². The van der Waals surface area contributed by atoms with E-state index >= 15 is 0 Å². The molecule has 110 valence electrons. The highest BCUT2D eigenvalue weighted by molar-refractivity contribution is 7.07. The zero-order chi connectivity index (χ0) is 15.1. The van der Waals surface area contributed by atoms with Gasteiger partial charge in [0.1, 0.15) is 5.75 Å². The summed E-state index contributed by atoms with van der Waals surface area (Å²) < 4.78 is 2.34. The van der Waals surface area contributed by atoms with Crippen molar-refractivity contribution in [1.29, 1.82) is 0 Å². The van der Waals surface area contributed by atoms with Gasteiger partial charge < -0.3 is 5.11 Å². The molecule has 1 aliphatic heterocycles. The van der Waals surface area contributed by atoms with Crippen molar-refractivity contribution in [2.45, 2.75) is 13.0 Å². The van der Waals surface area contributed by atoms with Crippen LogP contribution in [0.15, 0.2) is 46.2 Å². The Hall–Kier alpha value is -2.40. The van der Waals surface area contributed by atoms with Crippen molar-refractivity contribution in [3.63, 3.8) is 0 Å². The van der Waals surface area contributed by atoms with Crippen molar-refractivity contribution in [1.82, 2.24) is 4.57 Å². The largest absolute Gasteiger partial charge is 0.507 e. The van der Waals surface area contributed by atoms with Gasteiger partial charge in [0.25, 0.3) is 5.56 Å². The minimum atomic E-state index is -0.0178. The van der Waals surface area contributed by atoms with Gasteiger partial charge in [-0.2, -0.15) is 0 Å². The average Bonchev–Trinajstić information content (AvgIpc) is 2.87. The number of phenols is 1. The van der Waals surface area contributed by atoms with Gasteiger partial charge in [0.2, 0.25) is 0 Å². The van der Waals surface area contributed by atoms with E-state index < -0.39 is 0 Å². The molecule has 2 heterocycles. The fraction of sp³-hybridized carbons (Fsp3) is 0.176. The van der Waals surface area contributed by atoms with E-state index in [2.05, 4.69) is 4.99 Å². The summed E-state index contributed by atoms with van der Waals surface area (Å²) in [6, 6.07) is 11.4. The molecule has 1 N–H and O–H groups in total. The van der Waals surface area contributed by atoms with E-state index in [-0.39, 0.29) is 11.3 Å². The maximum atomic E-state index is 12.5. The molecule has 0 radical (unpaired) electrons. The first-order valence-corrected chi connectivity index (χ1v) is 8.02. The van der Waals surface area contributed by atoms with Gasteiger partial charge in [-0.1, -0.05) is 41.7 Å². The van der Waals surface area contributed by atoms with Crippen molar-refractivity contribution in [3.8, 4) is 5.75 Å². The molecule has 1 aromatic heterocycles. The van der Waals surface area contributed by atoms with Gasteiger partial charge in [-0.25, -0.2) is 0 Å². The first-order valence-electron chi connectivity index (χ1n) is 7.20. The highest BCUT2D eigenvalue weighted by Crippen LogP contribution is 2.27. The van der Waals surface area contributed by atoms with Gasteiger partial charge in [-0.05, 0) is 29.3 Å². The van der Waals surface area contributed by atoms with Crippen LogP contribution in [0.3, 0.4) is 0 Å². The van der Waals surface area contributed by atoms with E-state index in [1.807, 2.05) is 30.3 Å². The standard InChI is InChI=1S/C17H14N2O2S/c20-14-7-6-11-4-1-2-5-12(11)13(14)10-15-16(21)19-9-3-8-18-17(19)22-15/h1-2,4-7,10,20H,3,8-9H2/b15-10+. The van der Waals surface area contributed by atoms with Crippen LogP contribution in [-0.4, -0.2) is 16.2 Å². The minimum absolute atomic E-state index is 0.0178. The molecule has 5 heteroatoms. The number of fused-ring (bicyclic) bond motifs is 2. The van der Waals surface area contributed by atoms with E-state index in [0.717, 1.165) is 35.1 Å². The normalized spacial score (nSPS) is 14.8. The Morgan fingerprint density at radius 1 is 1.23 bits per heavy atom. The number of aromatic nitrogens is 1. The van der Waals surface area contributed by atoms with Crippen LogP contribution in [0.25, 0.3) is 16.8 Å². The molecule has 2 aromatic carbocycles. The average molecular weight is 310 g/mol. The molecule has 0 amide bonds. The minimum Gasteiger partial charge on any atom is -0.507 e. The van der Waals surface area contributed by atoms with E-state index in [4.69, 9.17) is 0 Å². The topological polar surface area (TPSA) is 54.6 Å². The van der Waals surface area contributed by atoms with Crippen LogP contribution in [0.5, 0.6) is 5.75 Å². The lowest BCUT2D eigenvalue weighted by molar-refractivity contribution is 0.475. The molecule has 0 unspecified atom stereocenters. The van der Waals surface area contributed by atoms with Crippen LogP contribution in [0.1, 0.15) is 12.0 Å². The van der Waals surface area contributed by atoms with Crippen LogP contribution >= 0.6 is 11.3 Å². The Balaban J connectivity index is 2.04. The fourth-order valence-corrected chi connectivity index (χ4v) is 3.80. The van der Waals surface area contributed by atoms with Gasteiger partial charge >= 0.3 is 0 Å². The number of phenolic OH excluding ortho intramolecular Hbond substituents is 1. The zero-order valence-electron chi connectivity index (χ0n) is 11.8. The molecule has 0 spiro atoms. The predicted octanol–water partition coefficient (Wildman–Crippen LogP) is 1.62. The molecule has 0 saturated carbocycles. The summed E-state index contributed by atoms with van der Waals surface area (Å²) in [6.45, 7) is 1.50. The Morgan fingerprint density at radius 2 is 2.09 bits per heavy atom. The van der Waals surface area contributed by atoms with E-state index in [0.29, 0.717) is 10.1 Å². The fourth-order valence-electron chi connectivity index (χ4n) is 2.79. The van der Waals surface area contributed by atoms with Crippen LogP contribution in [0.2, 0.25) is 0 Å². The number of aromatic hydroxyl groups is 1. The smallest absolute Gasteiger partial charge is 0.270 e. The highest BCUT2D eigenvalue weighted by Gasteiger charge is 2.10. The molecule has 1 aliphatic rings. The zero-order valence-corrected chi connectivity index (χ0v) is 12.6. The van der Waals surface area contributed by atoms with Crippen molar-refractivity contribution in [3.05, 3.63) is 61.6 Å². The van der Waals surface area contributed by atoms with Crippen molar-refractivity contribution < 1.29 is 5.11 Å². The van der Waals surface area contributed by atoms with E-state index in [1.165, 1.54) is 11.3 Å². The lowest BCUT2D eigenvalue weighted by atomic mass is 10.0. The SMILES string of the molecule is O=c1/c(=C\c2c(O)ccc3ccccc23)sc2n1CCCN=2. The second-order valence-electron chi connectivity index (χ2n) is 5.30. The molecule has 0 atom stereocenters. The number of benzene rings is 2. The first kappa shape index (κ1) is 13.3. The van der Waals surface area contributed by atoms with Gasteiger partial charge in [-0.15, -0.1) is 0 Å². The monoisotopic (exact) mass is 310 g/mol. The Labute approximate surface area is 130 Å². The number of hydrogen-bond donors (Lipinski definition) is 1. The van der Waals surface area contributed by atoms with E-state index in [1.54, 1.807) is 16.7 Å². The summed E-state index contributed by atoms with van der Waals surface area (Å²) in [5, 5.41) is 12.2. The second-order valence-corrected chi connectivity index (χ2v) is 6.31. The third kappa shape index (κ3) is 2.05. The third-order valence-electron chi connectivity index (χ3n) is 3.90. The summed E-state index contributed by atoms with van der Waals surface area (Å²) in [7, 11) is 0. The maximum Gasteiger partial charge on any atom is 0.270 e. The molecule has 0 saturated heterocycles. The quantitative estimate of drug-likeness (QED) is 0.742. The summed E-state index contributed by atoms with van der Waals surface area (Å²) >= 11 is 1.39. The van der Waals surface area contributed by atoms with Gasteiger partial charge in [0.05, 0.1) is 4.53 Å². The van der Waals surface area contributed by atoms with Gasteiger partial charge in [0.15, 0.2) is 4.80 Å². The maximum absolute atomic E-state index is 12.5. The molecular formula is C17H14N2O2S. The summed E-state index contributed by atoms with van der Waals surface area (Å²) in [5.41, 5.74) is 0.671. The Bertz CT molecular complexity index is 1050. The van der Waals surface area contributed by atoms with E-state index in [9.17, 15) is 9.90 Å². The van der Waals surface area contributed by atoms with Crippen LogP contribution < -0.4 is 14.9 Å². The summed E-state index contributed by atoms with van der Waals surface area (Å²) in [6.07, 6.45) is 2.69. The molecule has 0 fully saturated rings. The Morgan fingerprint density at radius 3 is 2.95 bits per heavy atom. The molecule has 0 bridgehead atoms. The number of rotatable bonds is 1. The second kappa shape index (κ2) is 5.10. The van der Waals surface area contributed by atoms with Crippen molar-refractivity contribution in [2.75, 3.05) is 6.54 Å². The first-order chi connectivity index (χ1) is 10.7. The summed E-state index contributed by atoms with van der Waals surface area (Å²) in [5.74, 6) is 0.186. The van der Waals surface area contributed by atoms with Crippen molar-refractivity contribution in [2.24, 2.45) is 4.99 Å². The van der Waals surface area contributed by atoms with Gasteiger partial charge in [-0.3, -0.25) is 14.4 Å². The van der Waals surface area contributed by atoms with Crippen molar-refractivity contribution >= 4 is 28.2 Å². The molecular weight excluding hydrogens is 296 g/mol. The molecule has 4 rings (SSSR count). The summed E-state index contributed by atoms with van der Waals surface area (Å²) in [4.78, 5) is 17.6. The number of hydrogen-bond acceptors (Lipinski definition) is 4. The lowest BCUT2D eigenvalue weighted by Gasteiger charge is -2.04. The van der Waals surface area contributed by atoms with Crippen LogP contribution in [-0.2, 0) is 6.54 Å². The Kier molecular flexibility index (Phi) is 3.08. The molecule has 4 nitrogen and oxygen atoms in total. The molecule has 0 aliphatic carbocycles. The third-order valence-corrected chi connectivity index (χ3v) is 4.94. The lowest BCUT2D eigenvalue weighted by Crippen LogP contribution is -2.33. The molecule has 3 aromatic rings. The molecule has 22 heavy (non-hydrogen) atoms. The number of thiazole rings is 1.